The van der Waals surface area contributed by atoms with Crippen molar-refractivity contribution in [1.82, 2.24) is 4.98 Å². The van der Waals surface area contributed by atoms with Crippen LogP contribution in [0.3, 0.4) is 0 Å². The molecule has 2 rings (SSSR count). The number of rotatable bonds is 4. The molecule has 1 aromatic carbocycles. The van der Waals surface area contributed by atoms with Gasteiger partial charge < -0.3 is 20.5 Å². The molecule has 17 heavy (non-hydrogen) atoms. The Balaban J connectivity index is 2.22. The Morgan fingerprint density at radius 2 is 2.06 bits per heavy atom. The molecule has 1 atom stereocenters. The largest absolute Gasteiger partial charge is 0.394 e. The minimum absolute atomic E-state index is 0.148. The number of aliphatic hydroxyl groups excluding tert-OH is 2. The van der Waals surface area contributed by atoms with E-state index in [4.69, 9.17) is 5.11 Å². The fraction of sp³-hybridized carbons (Fsp3) is 0.250. The van der Waals surface area contributed by atoms with Crippen molar-refractivity contribution in [2.45, 2.75) is 6.10 Å². The van der Waals surface area contributed by atoms with E-state index in [-0.39, 0.29) is 18.7 Å². The fourth-order valence-electron chi connectivity index (χ4n) is 1.56. The molecule has 1 unspecified atom stereocenters. The van der Waals surface area contributed by atoms with E-state index in [1.165, 1.54) is 6.07 Å². The monoisotopic (exact) mass is 234 g/mol. The summed E-state index contributed by atoms with van der Waals surface area (Å²) < 4.78 is 0. The Bertz CT molecular complexity index is 565. The van der Waals surface area contributed by atoms with Crippen molar-refractivity contribution in [2.24, 2.45) is 0 Å². The van der Waals surface area contributed by atoms with E-state index in [9.17, 15) is 9.90 Å². The van der Waals surface area contributed by atoms with E-state index < -0.39 is 6.10 Å². The van der Waals surface area contributed by atoms with Crippen LogP contribution in [0.25, 0.3) is 10.9 Å². The van der Waals surface area contributed by atoms with E-state index in [1.807, 2.05) is 12.1 Å². The second-order valence-electron chi connectivity index (χ2n) is 3.84. The minimum atomic E-state index is -0.791. The number of aromatic nitrogens is 1. The zero-order chi connectivity index (χ0) is 12.3. The molecule has 0 saturated heterocycles. The molecule has 4 N–H and O–H groups in total. The Kier molecular flexibility index (Phi) is 3.41. The lowest BCUT2D eigenvalue weighted by molar-refractivity contribution is 0.105. The van der Waals surface area contributed by atoms with Gasteiger partial charge in [0.15, 0.2) is 0 Å². The smallest absolute Gasteiger partial charge is 0.248 e. The maximum absolute atomic E-state index is 11.2. The minimum Gasteiger partial charge on any atom is -0.394 e. The van der Waals surface area contributed by atoms with Crippen molar-refractivity contribution >= 4 is 16.6 Å². The van der Waals surface area contributed by atoms with Crippen LogP contribution in [0.1, 0.15) is 0 Å². The number of hydrogen-bond acceptors (Lipinski definition) is 4. The third kappa shape index (κ3) is 2.83. The molecule has 0 fully saturated rings. The van der Waals surface area contributed by atoms with Gasteiger partial charge in [0, 0.05) is 18.3 Å². The highest BCUT2D eigenvalue weighted by atomic mass is 16.3. The van der Waals surface area contributed by atoms with Crippen LogP contribution >= 0.6 is 0 Å². The molecular formula is C12H14N2O3. The summed E-state index contributed by atoms with van der Waals surface area (Å²) in [6.07, 6.45) is -0.791. The number of nitrogens with one attached hydrogen (secondary N) is 2. The van der Waals surface area contributed by atoms with Gasteiger partial charge >= 0.3 is 0 Å². The predicted octanol–water partition coefficient (Wildman–Crippen LogP) is 0.293. The Morgan fingerprint density at radius 3 is 2.82 bits per heavy atom. The maximum Gasteiger partial charge on any atom is 0.248 e. The van der Waals surface area contributed by atoms with E-state index in [0.717, 1.165) is 16.6 Å². The van der Waals surface area contributed by atoms with Crippen LogP contribution in [0.2, 0.25) is 0 Å². The van der Waals surface area contributed by atoms with Crippen LogP contribution in [0.15, 0.2) is 35.1 Å². The number of anilines is 1. The highest BCUT2D eigenvalue weighted by Crippen LogP contribution is 2.15. The van der Waals surface area contributed by atoms with Gasteiger partial charge in [0.2, 0.25) is 5.56 Å². The summed E-state index contributed by atoms with van der Waals surface area (Å²) in [5, 5.41) is 21.8. The second kappa shape index (κ2) is 4.99. The van der Waals surface area contributed by atoms with Gasteiger partial charge in [-0.1, -0.05) is 6.07 Å². The molecule has 1 aromatic heterocycles. The van der Waals surface area contributed by atoms with Gasteiger partial charge in [0.1, 0.15) is 0 Å². The lowest BCUT2D eigenvalue weighted by atomic mass is 10.2. The van der Waals surface area contributed by atoms with Crippen LogP contribution in [-0.4, -0.2) is 34.5 Å². The number of hydrogen-bond donors (Lipinski definition) is 4. The number of benzene rings is 1. The van der Waals surface area contributed by atoms with Crippen LogP contribution in [-0.2, 0) is 0 Å². The Morgan fingerprint density at radius 1 is 1.29 bits per heavy atom. The maximum atomic E-state index is 11.2. The van der Waals surface area contributed by atoms with Gasteiger partial charge in [-0.2, -0.15) is 0 Å². The van der Waals surface area contributed by atoms with Gasteiger partial charge in [-0.15, -0.1) is 0 Å². The lowest BCUT2D eigenvalue weighted by Gasteiger charge is -2.10. The molecule has 90 valence electrons. The molecule has 2 aromatic rings. The van der Waals surface area contributed by atoms with Crippen molar-refractivity contribution in [2.75, 3.05) is 18.5 Å². The summed E-state index contributed by atoms with van der Waals surface area (Å²) in [7, 11) is 0. The molecule has 0 radical (unpaired) electrons. The van der Waals surface area contributed by atoms with Crippen molar-refractivity contribution in [3.63, 3.8) is 0 Å². The van der Waals surface area contributed by atoms with Gasteiger partial charge in [0.05, 0.1) is 18.2 Å². The van der Waals surface area contributed by atoms with E-state index >= 15 is 0 Å². The third-order valence-electron chi connectivity index (χ3n) is 2.48. The first-order chi connectivity index (χ1) is 8.19. The van der Waals surface area contributed by atoms with Crippen LogP contribution in [0.4, 0.5) is 5.69 Å². The summed E-state index contributed by atoms with van der Waals surface area (Å²) in [6.45, 7) is -0.0174. The van der Waals surface area contributed by atoms with E-state index in [2.05, 4.69) is 10.3 Å². The van der Waals surface area contributed by atoms with Crippen molar-refractivity contribution in [3.05, 3.63) is 40.7 Å². The molecule has 0 aliphatic heterocycles. The molecule has 5 heteroatoms. The first-order valence-corrected chi connectivity index (χ1v) is 5.35. The highest BCUT2D eigenvalue weighted by molar-refractivity contribution is 5.81. The Labute approximate surface area is 97.7 Å². The van der Waals surface area contributed by atoms with Crippen molar-refractivity contribution in [3.8, 4) is 0 Å². The van der Waals surface area contributed by atoms with E-state index in [1.54, 1.807) is 12.1 Å². The van der Waals surface area contributed by atoms with Crippen molar-refractivity contribution < 1.29 is 10.2 Å². The quantitative estimate of drug-likeness (QED) is 0.612. The molecule has 0 aliphatic rings. The van der Waals surface area contributed by atoms with Gasteiger partial charge in [-0.05, 0) is 23.6 Å². The van der Waals surface area contributed by atoms with Gasteiger partial charge in [0.25, 0.3) is 0 Å². The molecular weight excluding hydrogens is 220 g/mol. The first kappa shape index (κ1) is 11.6. The average Bonchev–Trinajstić information content (AvgIpc) is 2.35. The molecule has 0 aliphatic carbocycles. The summed E-state index contributed by atoms with van der Waals surface area (Å²) in [6, 6.07) is 8.75. The topological polar surface area (TPSA) is 85.3 Å². The molecule has 5 nitrogen and oxygen atoms in total. The standard InChI is InChI=1S/C12H14N2O3/c15-7-10(16)6-13-9-3-1-8-2-4-12(17)14-11(8)5-9/h1-5,10,13,15-16H,6-7H2,(H,14,17). The third-order valence-corrected chi connectivity index (χ3v) is 2.48. The van der Waals surface area contributed by atoms with Crippen molar-refractivity contribution in [1.29, 1.82) is 0 Å². The number of H-pyrrole nitrogens is 1. The predicted molar refractivity (Wildman–Crippen MR) is 66.2 cm³/mol. The molecule has 0 spiro atoms. The summed E-state index contributed by atoms with van der Waals surface area (Å²) in [5.41, 5.74) is 1.37. The molecule has 0 bridgehead atoms. The molecule has 0 saturated carbocycles. The number of fused-ring (bicyclic) bond motifs is 1. The molecule has 1 heterocycles. The number of aromatic amines is 1. The van der Waals surface area contributed by atoms with Crippen LogP contribution in [0, 0.1) is 0 Å². The number of aliphatic hydroxyl groups is 2. The normalized spacial score (nSPS) is 12.6. The van der Waals surface area contributed by atoms with Gasteiger partial charge in [-0.3, -0.25) is 4.79 Å². The highest BCUT2D eigenvalue weighted by Gasteiger charge is 2.02. The van der Waals surface area contributed by atoms with Crippen LogP contribution in [0.5, 0.6) is 0 Å². The summed E-state index contributed by atoms with van der Waals surface area (Å²) >= 11 is 0. The second-order valence-corrected chi connectivity index (χ2v) is 3.84. The first-order valence-electron chi connectivity index (χ1n) is 5.35. The Hall–Kier alpha value is -1.85. The van der Waals surface area contributed by atoms with Gasteiger partial charge in [-0.25, -0.2) is 0 Å². The van der Waals surface area contributed by atoms with E-state index in [0.29, 0.717) is 0 Å². The zero-order valence-corrected chi connectivity index (χ0v) is 9.18. The fourth-order valence-corrected chi connectivity index (χ4v) is 1.56. The average molecular weight is 234 g/mol. The lowest BCUT2D eigenvalue weighted by Crippen LogP contribution is -2.22. The summed E-state index contributed by atoms with van der Waals surface area (Å²) in [4.78, 5) is 13.9. The SMILES string of the molecule is O=c1ccc2ccc(NCC(O)CO)cc2[nH]1. The number of pyridine rings is 1. The molecule has 0 amide bonds. The van der Waals surface area contributed by atoms with Crippen LogP contribution < -0.4 is 10.9 Å². The summed E-state index contributed by atoms with van der Waals surface area (Å²) in [5.74, 6) is 0. The zero-order valence-electron chi connectivity index (χ0n) is 9.18.